The highest BCUT2D eigenvalue weighted by Crippen LogP contribution is 2.33. The molecule has 9 heteroatoms. The zero-order valence-electron chi connectivity index (χ0n) is 19.6. The third-order valence-electron chi connectivity index (χ3n) is 5.00. The Morgan fingerprint density at radius 3 is 2.24 bits per heavy atom. The van der Waals surface area contributed by atoms with Gasteiger partial charge in [-0.15, -0.1) is 0 Å². The van der Waals surface area contributed by atoms with Crippen LogP contribution >= 0.6 is 0 Å². The van der Waals surface area contributed by atoms with Crippen molar-refractivity contribution >= 4 is 27.3 Å². The molecule has 0 unspecified atom stereocenters. The highest BCUT2D eigenvalue weighted by atomic mass is 32.2. The van der Waals surface area contributed by atoms with E-state index in [1.807, 2.05) is 6.92 Å². The Balaban J connectivity index is 1.98. The van der Waals surface area contributed by atoms with Crippen LogP contribution in [0.3, 0.4) is 0 Å². The average Bonchev–Trinajstić information content (AvgIpc) is 2.83. The molecule has 3 aromatic rings. The molecule has 0 radical (unpaired) electrons. The number of rotatable bonds is 10. The number of hydrogen-bond acceptors (Lipinski definition) is 6. The normalized spacial score (nSPS) is 10.9. The number of amides is 1. The zero-order chi connectivity index (χ0) is 24.7. The summed E-state index contributed by atoms with van der Waals surface area (Å²) in [5, 5.41) is 2.73. The molecule has 0 aliphatic heterocycles. The van der Waals surface area contributed by atoms with Crippen molar-refractivity contribution in [1.29, 1.82) is 0 Å². The van der Waals surface area contributed by atoms with Crippen LogP contribution in [0.15, 0.2) is 71.6 Å². The molecule has 0 aromatic heterocycles. The second-order valence-electron chi connectivity index (χ2n) is 7.34. The van der Waals surface area contributed by atoms with Gasteiger partial charge in [0.05, 0.1) is 31.4 Å². The fourth-order valence-corrected chi connectivity index (χ4v) is 4.75. The van der Waals surface area contributed by atoms with E-state index in [1.165, 1.54) is 26.4 Å². The minimum Gasteiger partial charge on any atom is -0.493 e. The van der Waals surface area contributed by atoms with E-state index in [0.29, 0.717) is 29.5 Å². The summed E-state index contributed by atoms with van der Waals surface area (Å²) < 4.78 is 44.5. The van der Waals surface area contributed by atoms with Crippen molar-refractivity contribution in [3.63, 3.8) is 0 Å². The minimum atomic E-state index is -4.07. The molecule has 1 amide bonds. The van der Waals surface area contributed by atoms with Gasteiger partial charge in [0.25, 0.3) is 10.0 Å². The van der Waals surface area contributed by atoms with Gasteiger partial charge in [0, 0.05) is 11.8 Å². The molecule has 3 aromatic carbocycles. The third-order valence-corrected chi connectivity index (χ3v) is 6.77. The van der Waals surface area contributed by atoms with Crippen LogP contribution in [0.1, 0.15) is 12.5 Å². The predicted octanol–water partition coefficient (Wildman–Crippen LogP) is 4.24. The Morgan fingerprint density at radius 1 is 0.912 bits per heavy atom. The SMILES string of the molecule is CCOc1ccccc1N(CC(=O)Nc1ccc(OC)c(OC)c1)S(=O)(=O)c1ccc(C)cc1. The van der Waals surface area contributed by atoms with Crippen LogP contribution in [0.25, 0.3) is 0 Å². The summed E-state index contributed by atoms with van der Waals surface area (Å²) >= 11 is 0. The number of hydrogen-bond donors (Lipinski definition) is 1. The summed E-state index contributed by atoms with van der Waals surface area (Å²) in [5.41, 5.74) is 1.63. The molecule has 0 saturated heterocycles. The smallest absolute Gasteiger partial charge is 0.264 e. The van der Waals surface area contributed by atoms with Gasteiger partial charge < -0.3 is 19.5 Å². The first kappa shape index (κ1) is 24.9. The van der Waals surface area contributed by atoms with Crippen LogP contribution in [0, 0.1) is 6.92 Å². The first-order valence-electron chi connectivity index (χ1n) is 10.6. The Hall–Kier alpha value is -3.72. The third kappa shape index (κ3) is 5.60. The first-order chi connectivity index (χ1) is 16.3. The number of sulfonamides is 1. The van der Waals surface area contributed by atoms with E-state index in [1.54, 1.807) is 61.5 Å². The number of ether oxygens (including phenoxy) is 3. The average molecular weight is 485 g/mol. The van der Waals surface area contributed by atoms with E-state index in [-0.39, 0.29) is 10.6 Å². The fraction of sp³-hybridized carbons (Fsp3) is 0.240. The molecule has 0 heterocycles. The van der Waals surface area contributed by atoms with Crippen LogP contribution in [-0.4, -0.2) is 41.7 Å². The molecule has 0 atom stereocenters. The number of carbonyl (C=O) groups excluding carboxylic acids is 1. The maximum atomic E-state index is 13.6. The van der Waals surface area contributed by atoms with Crippen molar-refractivity contribution in [2.45, 2.75) is 18.7 Å². The number of benzene rings is 3. The van der Waals surface area contributed by atoms with E-state index in [2.05, 4.69) is 5.32 Å². The van der Waals surface area contributed by atoms with Crippen LogP contribution in [0.5, 0.6) is 17.2 Å². The fourth-order valence-electron chi connectivity index (χ4n) is 3.32. The van der Waals surface area contributed by atoms with Gasteiger partial charge >= 0.3 is 0 Å². The Bertz CT molecular complexity index is 1240. The van der Waals surface area contributed by atoms with Crippen LogP contribution in [-0.2, 0) is 14.8 Å². The molecule has 0 bridgehead atoms. The summed E-state index contributed by atoms with van der Waals surface area (Å²) in [6, 6.07) is 18.1. The molecule has 3 rings (SSSR count). The quantitative estimate of drug-likeness (QED) is 0.463. The van der Waals surface area contributed by atoms with Crippen LogP contribution < -0.4 is 23.8 Å². The maximum absolute atomic E-state index is 13.6. The molecule has 0 fully saturated rings. The molecular weight excluding hydrogens is 456 g/mol. The molecular formula is C25H28N2O6S. The molecule has 0 saturated carbocycles. The number of anilines is 2. The van der Waals surface area contributed by atoms with Gasteiger partial charge in [-0.25, -0.2) is 8.42 Å². The van der Waals surface area contributed by atoms with E-state index in [0.717, 1.165) is 9.87 Å². The van der Waals surface area contributed by atoms with Crippen molar-refractivity contribution in [2.75, 3.05) is 37.0 Å². The second kappa shape index (κ2) is 10.9. The number of nitrogens with zero attached hydrogens (tertiary/aromatic N) is 1. The Kier molecular flexibility index (Phi) is 8.01. The van der Waals surface area contributed by atoms with Crippen molar-refractivity contribution in [1.82, 2.24) is 0 Å². The van der Waals surface area contributed by atoms with Gasteiger partial charge in [-0.3, -0.25) is 9.10 Å². The van der Waals surface area contributed by atoms with Gasteiger partial charge in [-0.05, 0) is 50.2 Å². The summed E-state index contributed by atoms with van der Waals surface area (Å²) in [7, 11) is -1.07. The first-order valence-corrected chi connectivity index (χ1v) is 12.1. The van der Waals surface area contributed by atoms with Crippen molar-refractivity contribution in [3.05, 3.63) is 72.3 Å². The molecule has 1 N–H and O–H groups in total. The summed E-state index contributed by atoms with van der Waals surface area (Å²) in [6.07, 6.45) is 0. The topological polar surface area (TPSA) is 94.2 Å². The van der Waals surface area contributed by atoms with Crippen molar-refractivity contribution in [3.8, 4) is 17.2 Å². The van der Waals surface area contributed by atoms with E-state index < -0.39 is 22.5 Å². The highest BCUT2D eigenvalue weighted by molar-refractivity contribution is 7.92. The summed E-state index contributed by atoms with van der Waals surface area (Å²) in [4.78, 5) is 13.1. The molecule has 0 aliphatic carbocycles. The van der Waals surface area contributed by atoms with E-state index >= 15 is 0 Å². The number of para-hydroxylation sites is 2. The summed E-state index contributed by atoms with van der Waals surface area (Å²) in [5.74, 6) is 0.773. The molecule has 8 nitrogen and oxygen atoms in total. The highest BCUT2D eigenvalue weighted by Gasteiger charge is 2.29. The monoisotopic (exact) mass is 484 g/mol. The van der Waals surface area contributed by atoms with Gasteiger partial charge in [-0.2, -0.15) is 0 Å². The number of aryl methyl sites for hydroxylation is 1. The van der Waals surface area contributed by atoms with Gasteiger partial charge in [0.2, 0.25) is 5.91 Å². The lowest BCUT2D eigenvalue weighted by Crippen LogP contribution is -2.38. The maximum Gasteiger partial charge on any atom is 0.264 e. The van der Waals surface area contributed by atoms with Crippen LogP contribution in [0.2, 0.25) is 0 Å². The lowest BCUT2D eigenvalue weighted by atomic mass is 10.2. The van der Waals surface area contributed by atoms with Gasteiger partial charge in [-0.1, -0.05) is 29.8 Å². The lowest BCUT2D eigenvalue weighted by molar-refractivity contribution is -0.114. The minimum absolute atomic E-state index is 0.0725. The molecule has 34 heavy (non-hydrogen) atoms. The molecule has 0 spiro atoms. The molecule has 180 valence electrons. The number of nitrogens with one attached hydrogen (secondary N) is 1. The molecule has 0 aliphatic rings. The largest absolute Gasteiger partial charge is 0.493 e. The summed E-state index contributed by atoms with van der Waals surface area (Å²) in [6.45, 7) is 3.55. The Morgan fingerprint density at radius 2 is 1.59 bits per heavy atom. The van der Waals surface area contributed by atoms with Crippen molar-refractivity contribution in [2.24, 2.45) is 0 Å². The Labute approximate surface area is 200 Å². The van der Waals surface area contributed by atoms with Crippen molar-refractivity contribution < 1.29 is 27.4 Å². The standard InChI is InChI=1S/C25H28N2O6S/c1-5-33-22-9-7-6-8-21(22)27(34(29,30)20-13-10-18(2)11-14-20)17-25(28)26-19-12-15-23(31-3)24(16-19)32-4/h6-16H,5,17H2,1-4H3,(H,26,28). The predicted molar refractivity (Wildman–Crippen MR) is 131 cm³/mol. The lowest BCUT2D eigenvalue weighted by Gasteiger charge is -2.26. The number of methoxy groups -OCH3 is 2. The van der Waals surface area contributed by atoms with Gasteiger partial charge in [0.15, 0.2) is 11.5 Å². The second-order valence-corrected chi connectivity index (χ2v) is 9.21. The zero-order valence-corrected chi connectivity index (χ0v) is 20.4. The van der Waals surface area contributed by atoms with E-state index in [9.17, 15) is 13.2 Å². The van der Waals surface area contributed by atoms with Crippen LogP contribution in [0.4, 0.5) is 11.4 Å². The van der Waals surface area contributed by atoms with E-state index in [4.69, 9.17) is 14.2 Å². The number of carbonyl (C=O) groups is 1. The van der Waals surface area contributed by atoms with Gasteiger partial charge in [0.1, 0.15) is 12.3 Å².